The zero-order chi connectivity index (χ0) is 19.1. The number of nitrogens with one attached hydrogen (secondary N) is 2. The minimum absolute atomic E-state index is 0.0657. The van der Waals surface area contributed by atoms with Crippen LogP contribution >= 0.6 is 0 Å². The van der Waals surface area contributed by atoms with E-state index in [2.05, 4.69) is 24.5 Å². The van der Waals surface area contributed by atoms with Crippen molar-refractivity contribution in [3.8, 4) is 5.75 Å². The second-order valence-electron chi connectivity index (χ2n) is 6.59. The van der Waals surface area contributed by atoms with E-state index in [1.54, 1.807) is 31.2 Å². The number of rotatable bonds is 7. The molecule has 2 N–H and O–H groups in total. The Morgan fingerprint density at radius 1 is 1.08 bits per heavy atom. The van der Waals surface area contributed by atoms with Crippen molar-refractivity contribution < 1.29 is 14.3 Å². The molecule has 138 valence electrons. The Morgan fingerprint density at radius 2 is 1.81 bits per heavy atom. The Bertz CT molecular complexity index is 785. The molecule has 0 saturated carbocycles. The second-order valence-corrected chi connectivity index (χ2v) is 6.59. The van der Waals surface area contributed by atoms with Gasteiger partial charge in [0.2, 0.25) is 5.91 Å². The van der Waals surface area contributed by atoms with Crippen LogP contribution in [-0.2, 0) is 4.79 Å². The van der Waals surface area contributed by atoms with Crippen LogP contribution in [0.2, 0.25) is 0 Å². The van der Waals surface area contributed by atoms with E-state index in [1.807, 2.05) is 25.1 Å². The van der Waals surface area contributed by atoms with E-state index < -0.39 is 0 Å². The lowest BCUT2D eigenvalue weighted by molar-refractivity contribution is -0.115. The average molecular weight is 354 g/mol. The fourth-order valence-corrected chi connectivity index (χ4v) is 2.31. The summed E-state index contributed by atoms with van der Waals surface area (Å²) in [6, 6.07) is 12.6. The van der Waals surface area contributed by atoms with Crippen molar-refractivity contribution in [2.45, 2.75) is 34.1 Å². The fraction of sp³-hybridized carbons (Fsp3) is 0.333. The highest BCUT2D eigenvalue weighted by Gasteiger charge is 2.13. The summed E-state index contributed by atoms with van der Waals surface area (Å²) < 4.78 is 5.75. The quantitative estimate of drug-likeness (QED) is 0.762. The lowest BCUT2D eigenvalue weighted by Gasteiger charge is -2.14. The van der Waals surface area contributed by atoms with E-state index >= 15 is 0 Å². The molecule has 5 heteroatoms. The Labute approximate surface area is 154 Å². The Morgan fingerprint density at radius 3 is 2.50 bits per heavy atom. The van der Waals surface area contributed by atoms with Crippen LogP contribution in [0.4, 0.5) is 11.4 Å². The van der Waals surface area contributed by atoms with Crippen molar-refractivity contribution in [1.29, 1.82) is 0 Å². The molecule has 2 amide bonds. The van der Waals surface area contributed by atoms with E-state index in [0.717, 1.165) is 5.56 Å². The van der Waals surface area contributed by atoms with Gasteiger partial charge in [-0.25, -0.2) is 0 Å². The number of hydrogen-bond donors (Lipinski definition) is 2. The minimum atomic E-state index is -0.249. The van der Waals surface area contributed by atoms with Crippen molar-refractivity contribution in [2.24, 2.45) is 5.92 Å². The molecule has 0 unspecified atom stereocenters. The zero-order valence-corrected chi connectivity index (χ0v) is 15.8. The zero-order valence-electron chi connectivity index (χ0n) is 15.8. The predicted molar refractivity (Wildman–Crippen MR) is 105 cm³/mol. The molecule has 0 aliphatic heterocycles. The largest absolute Gasteiger partial charge is 0.492 e. The van der Waals surface area contributed by atoms with Gasteiger partial charge in [0.1, 0.15) is 5.75 Å². The summed E-state index contributed by atoms with van der Waals surface area (Å²) in [7, 11) is 0. The molecule has 0 bridgehead atoms. The molecule has 5 nitrogen and oxygen atoms in total. The highest BCUT2D eigenvalue weighted by Crippen LogP contribution is 2.23. The predicted octanol–water partition coefficient (Wildman–Crippen LogP) is 4.63. The molecule has 2 aromatic carbocycles. The first-order valence-corrected chi connectivity index (χ1v) is 8.84. The molecule has 0 spiro atoms. The van der Waals surface area contributed by atoms with Crippen molar-refractivity contribution in [2.75, 3.05) is 17.2 Å². The topological polar surface area (TPSA) is 67.4 Å². The molecular formula is C21H26N2O3. The molecule has 0 atom stereocenters. The maximum absolute atomic E-state index is 12.7. The van der Waals surface area contributed by atoms with Gasteiger partial charge in [-0.15, -0.1) is 0 Å². The Hall–Kier alpha value is -2.82. The van der Waals surface area contributed by atoms with Crippen molar-refractivity contribution in [3.05, 3.63) is 53.6 Å². The standard InChI is InChI=1S/C21H26N2O3/c1-5-20(24)23-18-12-16(11-10-15(18)4)22-21(25)17-8-6-7-9-19(17)26-13-14(2)3/h6-12,14H,5,13H2,1-4H3,(H,22,25)(H,23,24). The molecule has 0 aromatic heterocycles. The SMILES string of the molecule is CCC(=O)Nc1cc(NC(=O)c2ccccc2OCC(C)C)ccc1C. The number of anilines is 2. The van der Waals surface area contributed by atoms with Crippen LogP contribution in [0.25, 0.3) is 0 Å². The summed E-state index contributed by atoms with van der Waals surface area (Å²) in [5, 5.41) is 5.72. The number of carbonyl (C=O) groups excluding carboxylic acids is 2. The maximum atomic E-state index is 12.7. The third kappa shape index (κ3) is 5.34. The highest BCUT2D eigenvalue weighted by atomic mass is 16.5. The van der Waals surface area contributed by atoms with Crippen LogP contribution in [0.15, 0.2) is 42.5 Å². The third-order valence-electron chi connectivity index (χ3n) is 3.79. The summed E-state index contributed by atoms with van der Waals surface area (Å²) in [6.45, 7) is 8.36. The first-order chi connectivity index (χ1) is 12.4. The van der Waals surface area contributed by atoms with Gasteiger partial charge in [-0.05, 0) is 42.7 Å². The van der Waals surface area contributed by atoms with E-state index in [-0.39, 0.29) is 11.8 Å². The van der Waals surface area contributed by atoms with Gasteiger partial charge in [-0.3, -0.25) is 9.59 Å². The maximum Gasteiger partial charge on any atom is 0.259 e. The molecule has 0 heterocycles. The van der Waals surface area contributed by atoms with E-state index in [0.29, 0.717) is 41.6 Å². The van der Waals surface area contributed by atoms with Crippen molar-refractivity contribution in [1.82, 2.24) is 0 Å². The van der Waals surface area contributed by atoms with Crippen LogP contribution in [0.3, 0.4) is 0 Å². The van der Waals surface area contributed by atoms with Gasteiger partial charge in [0.25, 0.3) is 5.91 Å². The van der Waals surface area contributed by atoms with Crippen LogP contribution in [-0.4, -0.2) is 18.4 Å². The van der Waals surface area contributed by atoms with E-state index in [4.69, 9.17) is 4.74 Å². The number of ether oxygens (including phenoxy) is 1. The normalized spacial score (nSPS) is 10.5. The third-order valence-corrected chi connectivity index (χ3v) is 3.79. The molecular weight excluding hydrogens is 328 g/mol. The number of benzene rings is 2. The molecule has 26 heavy (non-hydrogen) atoms. The monoisotopic (exact) mass is 354 g/mol. The average Bonchev–Trinajstić information content (AvgIpc) is 2.62. The second kappa shape index (κ2) is 9.04. The van der Waals surface area contributed by atoms with Gasteiger partial charge in [-0.2, -0.15) is 0 Å². The molecule has 2 aromatic rings. The highest BCUT2D eigenvalue weighted by molar-refractivity contribution is 6.06. The van der Waals surface area contributed by atoms with Gasteiger partial charge in [0.15, 0.2) is 0 Å². The smallest absolute Gasteiger partial charge is 0.259 e. The number of para-hydroxylation sites is 1. The van der Waals surface area contributed by atoms with E-state index in [1.165, 1.54) is 0 Å². The number of amides is 2. The molecule has 0 aliphatic rings. The Balaban J connectivity index is 2.17. The summed E-state index contributed by atoms with van der Waals surface area (Å²) in [5.41, 5.74) is 2.72. The lowest BCUT2D eigenvalue weighted by atomic mass is 10.1. The first-order valence-electron chi connectivity index (χ1n) is 8.84. The van der Waals surface area contributed by atoms with Crippen LogP contribution < -0.4 is 15.4 Å². The van der Waals surface area contributed by atoms with Crippen LogP contribution in [0, 0.1) is 12.8 Å². The van der Waals surface area contributed by atoms with Crippen LogP contribution in [0.5, 0.6) is 5.75 Å². The molecule has 0 aliphatic carbocycles. The summed E-state index contributed by atoms with van der Waals surface area (Å²) in [6.07, 6.45) is 0.399. The van der Waals surface area contributed by atoms with Crippen molar-refractivity contribution >= 4 is 23.2 Å². The fourth-order valence-electron chi connectivity index (χ4n) is 2.31. The Kier molecular flexibility index (Phi) is 6.78. The van der Waals surface area contributed by atoms with Gasteiger partial charge in [-0.1, -0.05) is 39.0 Å². The molecule has 0 radical (unpaired) electrons. The summed E-state index contributed by atoms with van der Waals surface area (Å²) in [4.78, 5) is 24.3. The van der Waals surface area contributed by atoms with Crippen LogP contribution in [0.1, 0.15) is 43.1 Å². The van der Waals surface area contributed by atoms with Gasteiger partial charge >= 0.3 is 0 Å². The number of carbonyl (C=O) groups is 2. The summed E-state index contributed by atoms with van der Waals surface area (Å²) in [5.74, 6) is 0.614. The van der Waals surface area contributed by atoms with Gasteiger partial charge in [0.05, 0.1) is 12.2 Å². The number of aryl methyl sites for hydroxylation is 1. The number of hydrogen-bond acceptors (Lipinski definition) is 3. The van der Waals surface area contributed by atoms with Gasteiger partial charge in [0, 0.05) is 17.8 Å². The molecule has 0 fully saturated rings. The minimum Gasteiger partial charge on any atom is -0.492 e. The molecule has 0 saturated heterocycles. The first kappa shape index (κ1) is 19.5. The molecule has 2 rings (SSSR count). The van der Waals surface area contributed by atoms with Gasteiger partial charge < -0.3 is 15.4 Å². The van der Waals surface area contributed by atoms with E-state index in [9.17, 15) is 9.59 Å². The van der Waals surface area contributed by atoms with Crippen molar-refractivity contribution in [3.63, 3.8) is 0 Å². The summed E-state index contributed by atoms with van der Waals surface area (Å²) >= 11 is 0. The lowest BCUT2D eigenvalue weighted by Crippen LogP contribution is -2.16.